The van der Waals surface area contributed by atoms with Gasteiger partial charge < -0.3 is 10.5 Å². The van der Waals surface area contributed by atoms with E-state index in [1.165, 1.54) is 0 Å². The third-order valence-corrected chi connectivity index (χ3v) is 2.50. The molecule has 0 saturated heterocycles. The first kappa shape index (κ1) is 8.78. The van der Waals surface area contributed by atoms with Gasteiger partial charge in [0.25, 0.3) is 0 Å². The van der Waals surface area contributed by atoms with E-state index in [-0.39, 0.29) is 0 Å². The van der Waals surface area contributed by atoms with Gasteiger partial charge in [-0.2, -0.15) is 0 Å². The number of fused-ring (bicyclic) bond motifs is 1. The Kier molecular flexibility index (Phi) is 2.38. The van der Waals surface area contributed by atoms with E-state index in [2.05, 4.69) is 22.0 Å². The molecular weight excluding hydrogens is 230 g/mol. The van der Waals surface area contributed by atoms with Crippen LogP contribution in [0, 0.1) is 0 Å². The van der Waals surface area contributed by atoms with Crippen molar-refractivity contribution in [3.8, 4) is 5.75 Å². The maximum absolute atomic E-state index is 5.53. The van der Waals surface area contributed by atoms with Crippen molar-refractivity contribution in [1.82, 2.24) is 0 Å². The van der Waals surface area contributed by atoms with Gasteiger partial charge in [-0.15, -0.1) is 0 Å². The second-order valence-electron chi connectivity index (χ2n) is 2.98. The lowest BCUT2D eigenvalue weighted by Gasteiger charge is -2.16. The SMILES string of the molecule is NCC1=Cc2ccc(Br)cc2OC1. The molecular formula is C10H10BrNO. The molecule has 1 aromatic rings. The average Bonchev–Trinajstić information content (AvgIpc) is 2.17. The molecule has 3 heteroatoms. The van der Waals surface area contributed by atoms with Crippen molar-refractivity contribution in [2.45, 2.75) is 0 Å². The molecule has 0 fully saturated rings. The third kappa shape index (κ3) is 1.76. The van der Waals surface area contributed by atoms with Crippen molar-refractivity contribution in [3.05, 3.63) is 33.8 Å². The maximum atomic E-state index is 5.53. The van der Waals surface area contributed by atoms with Gasteiger partial charge in [-0.1, -0.05) is 22.0 Å². The summed E-state index contributed by atoms with van der Waals surface area (Å²) in [7, 11) is 0. The first-order valence-electron chi connectivity index (χ1n) is 4.11. The highest BCUT2D eigenvalue weighted by Crippen LogP contribution is 2.28. The Balaban J connectivity index is 2.42. The lowest BCUT2D eigenvalue weighted by atomic mass is 10.1. The van der Waals surface area contributed by atoms with Gasteiger partial charge in [0.1, 0.15) is 12.4 Å². The van der Waals surface area contributed by atoms with E-state index in [4.69, 9.17) is 10.5 Å². The molecule has 0 aromatic heterocycles. The lowest BCUT2D eigenvalue weighted by Crippen LogP contribution is -2.14. The molecule has 0 aliphatic carbocycles. The largest absolute Gasteiger partial charge is 0.489 e. The summed E-state index contributed by atoms with van der Waals surface area (Å²) in [6.07, 6.45) is 2.09. The highest BCUT2D eigenvalue weighted by Gasteiger charge is 2.09. The van der Waals surface area contributed by atoms with Crippen molar-refractivity contribution in [1.29, 1.82) is 0 Å². The molecule has 2 rings (SSSR count). The predicted molar refractivity (Wildman–Crippen MR) is 56.7 cm³/mol. The van der Waals surface area contributed by atoms with E-state index >= 15 is 0 Å². The topological polar surface area (TPSA) is 35.2 Å². The Morgan fingerprint density at radius 2 is 2.31 bits per heavy atom. The van der Waals surface area contributed by atoms with Crippen molar-refractivity contribution in [2.24, 2.45) is 5.73 Å². The normalized spacial score (nSPS) is 14.5. The van der Waals surface area contributed by atoms with Gasteiger partial charge in [-0.25, -0.2) is 0 Å². The molecule has 1 heterocycles. The van der Waals surface area contributed by atoms with Crippen LogP contribution in [-0.2, 0) is 0 Å². The Labute approximate surface area is 85.5 Å². The smallest absolute Gasteiger partial charge is 0.128 e. The summed E-state index contributed by atoms with van der Waals surface area (Å²) in [5, 5.41) is 0. The number of hydrogen-bond donors (Lipinski definition) is 1. The Morgan fingerprint density at radius 3 is 3.08 bits per heavy atom. The number of halogens is 1. The lowest BCUT2D eigenvalue weighted by molar-refractivity contribution is 0.345. The first-order chi connectivity index (χ1) is 6.29. The zero-order chi connectivity index (χ0) is 9.26. The predicted octanol–water partition coefficient (Wildman–Crippen LogP) is 2.18. The molecule has 1 aromatic carbocycles. The fourth-order valence-electron chi connectivity index (χ4n) is 1.30. The minimum absolute atomic E-state index is 0.565. The second kappa shape index (κ2) is 3.52. The van der Waals surface area contributed by atoms with E-state index in [1.807, 2.05) is 18.2 Å². The molecule has 0 unspecified atom stereocenters. The zero-order valence-electron chi connectivity index (χ0n) is 7.09. The van der Waals surface area contributed by atoms with Crippen LogP contribution >= 0.6 is 15.9 Å². The van der Waals surface area contributed by atoms with Crippen LogP contribution < -0.4 is 10.5 Å². The first-order valence-corrected chi connectivity index (χ1v) is 4.91. The van der Waals surface area contributed by atoms with E-state index in [0.29, 0.717) is 13.2 Å². The molecule has 2 nitrogen and oxygen atoms in total. The highest BCUT2D eigenvalue weighted by molar-refractivity contribution is 9.10. The Hall–Kier alpha value is -0.800. The van der Waals surface area contributed by atoms with Crippen LogP contribution in [0.1, 0.15) is 5.56 Å². The van der Waals surface area contributed by atoms with Crippen LogP contribution in [-0.4, -0.2) is 13.2 Å². The molecule has 1 aliphatic heterocycles. The van der Waals surface area contributed by atoms with Crippen LogP contribution in [0.2, 0.25) is 0 Å². The molecule has 13 heavy (non-hydrogen) atoms. The van der Waals surface area contributed by atoms with Crippen molar-refractivity contribution in [3.63, 3.8) is 0 Å². The summed E-state index contributed by atoms with van der Waals surface area (Å²) >= 11 is 3.40. The fourth-order valence-corrected chi connectivity index (χ4v) is 1.64. The number of rotatable bonds is 1. The Bertz CT molecular complexity index is 360. The summed E-state index contributed by atoms with van der Waals surface area (Å²) in [4.78, 5) is 0. The number of nitrogens with two attached hydrogens (primary N) is 1. The standard InChI is InChI=1S/C10H10BrNO/c11-9-2-1-8-3-7(5-12)6-13-10(8)4-9/h1-4H,5-6,12H2. The minimum Gasteiger partial charge on any atom is -0.489 e. The van der Waals surface area contributed by atoms with Crippen molar-refractivity contribution < 1.29 is 4.74 Å². The van der Waals surface area contributed by atoms with Crippen molar-refractivity contribution in [2.75, 3.05) is 13.2 Å². The molecule has 2 N–H and O–H groups in total. The van der Waals surface area contributed by atoms with Gasteiger partial charge in [0, 0.05) is 16.6 Å². The van der Waals surface area contributed by atoms with Gasteiger partial charge in [-0.3, -0.25) is 0 Å². The van der Waals surface area contributed by atoms with Gasteiger partial charge >= 0.3 is 0 Å². The summed E-state index contributed by atoms with van der Waals surface area (Å²) < 4.78 is 6.57. The molecule has 0 spiro atoms. The molecule has 0 amide bonds. The van der Waals surface area contributed by atoms with E-state index in [1.54, 1.807) is 0 Å². The molecule has 0 bridgehead atoms. The fraction of sp³-hybridized carbons (Fsp3) is 0.200. The Morgan fingerprint density at radius 1 is 1.46 bits per heavy atom. The quantitative estimate of drug-likeness (QED) is 0.816. The minimum atomic E-state index is 0.565. The summed E-state index contributed by atoms with van der Waals surface area (Å²) in [5.74, 6) is 0.923. The number of benzene rings is 1. The average molecular weight is 240 g/mol. The van der Waals surface area contributed by atoms with Gasteiger partial charge in [0.2, 0.25) is 0 Å². The molecule has 0 atom stereocenters. The van der Waals surface area contributed by atoms with E-state index < -0.39 is 0 Å². The van der Waals surface area contributed by atoms with Crippen LogP contribution in [0.3, 0.4) is 0 Å². The third-order valence-electron chi connectivity index (χ3n) is 2.01. The van der Waals surface area contributed by atoms with Gasteiger partial charge in [0.05, 0.1) is 0 Å². The van der Waals surface area contributed by atoms with E-state index in [0.717, 1.165) is 21.4 Å². The van der Waals surface area contributed by atoms with Crippen LogP contribution in [0.4, 0.5) is 0 Å². The van der Waals surface area contributed by atoms with Crippen LogP contribution in [0.25, 0.3) is 6.08 Å². The van der Waals surface area contributed by atoms with Crippen LogP contribution in [0.5, 0.6) is 5.75 Å². The molecule has 68 valence electrons. The van der Waals surface area contributed by atoms with Gasteiger partial charge in [-0.05, 0) is 23.8 Å². The van der Waals surface area contributed by atoms with Gasteiger partial charge in [0.15, 0.2) is 0 Å². The number of ether oxygens (including phenoxy) is 1. The molecule has 1 aliphatic rings. The highest BCUT2D eigenvalue weighted by atomic mass is 79.9. The summed E-state index contributed by atoms with van der Waals surface area (Å²) in [5.41, 5.74) is 7.77. The molecule has 0 radical (unpaired) electrons. The monoisotopic (exact) mass is 239 g/mol. The van der Waals surface area contributed by atoms with E-state index in [9.17, 15) is 0 Å². The number of hydrogen-bond acceptors (Lipinski definition) is 2. The summed E-state index contributed by atoms with van der Waals surface area (Å²) in [6, 6.07) is 5.99. The molecule has 0 saturated carbocycles. The van der Waals surface area contributed by atoms with Crippen LogP contribution in [0.15, 0.2) is 28.2 Å². The second-order valence-corrected chi connectivity index (χ2v) is 3.89. The summed E-state index contributed by atoms with van der Waals surface area (Å²) in [6.45, 7) is 1.18. The maximum Gasteiger partial charge on any atom is 0.128 e. The zero-order valence-corrected chi connectivity index (χ0v) is 8.67. The van der Waals surface area contributed by atoms with Crippen molar-refractivity contribution >= 4 is 22.0 Å².